The third-order valence-corrected chi connectivity index (χ3v) is 8.32. The third kappa shape index (κ3) is 4.58. The summed E-state index contributed by atoms with van der Waals surface area (Å²) in [6.07, 6.45) is 8.52. The van der Waals surface area contributed by atoms with E-state index in [1.807, 2.05) is 32.9 Å². The van der Waals surface area contributed by atoms with Crippen molar-refractivity contribution in [1.82, 2.24) is 24.4 Å². The fourth-order valence-electron chi connectivity index (χ4n) is 6.21. The number of hydrogen-bond donors (Lipinski definition) is 2. The molecule has 0 spiro atoms. The predicted molar refractivity (Wildman–Crippen MR) is 155 cm³/mol. The van der Waals surface area contributed by atoms with Crippen LogP contribution < -0.4 is 15.8 Å². The smallest absolute Gasteiger partial charge is 0.407 e. The minimum Gasteiger partial charge on any atom is -0.444 e. The Kier molecular flexibility index (Phi) is 6.50. The van der Waals surface area contributed by atoms with Crippen LogP contribution in [-0.4, -0.2) is 54.0 Å². The number of ether oxygens (including phenoxy) is 1. The average Bonchev–Trinajstić information content (AvgIpc) is 3.39. The molecule has 11 heteroatoms. The normalized spacial score (nSPS) is 20.9. The van der Waals surface area contributed by atoms with Crippen LogP contribution in [0.25, 0.3) is 33.1 Å². The number of piperidine rings is 1. The number of nitrogens with one attached hydrogen (secondary N) is 1. The Labute approximate surface area is 236 Å². The number of carbonyl (C=O) groups excluding carboxylic acids is 1. The lowest BCUT2D eigenvalue weighted by Gasteiger charge is -2.39. The minimum atomic E-state index is -0.538. The molecule has 1 amide bonds. The fourth-order valence-corrected chi connectivity index (χ4v) is 6.54. The third-order valence-electron chi connectivity index (χ3n) is 7.91. The molecule has 10 nitrogen and oxygen atoms in total. The molecular weight excluding hydrogens is 532 g/mol. The number of pyridine rings is 1. The van der Waals surface area contributed by atoms with Crippen LogP contribution >= 0.6 is 11.6 Å². The number of anilines is 1. The van der Waals surface area contributed by atoms with Gasteiger partial charge in [-0.05, 0) is 58.6 Å². The molecule has 4 aromatic rings. The van der Waals surface area contributed by atoms with E-state index in [-0.39, 0.29) is 36.5 Å². The maximum absolute atomic E-state index is 12.6. The molecule has 2 fully saturated rings. The van der Waals surface area contributed by atoms with Gasteiger partial charge >= 0.3 is 6.09 Å². The van der Waals surface area contributed by atoms with Gasteiger partial charge in [-0.25, -0.2) is 14.8 Å². The molecule has 3 aromatic heterocycles. The van der Waals surface area contributed by atoms with Gasteiger partial charge in [-0.3, -0.25) is 4.79 Å². The predicted octanol–water partition coefficient (Wildman–Crippen LogP) is 4.58. The van der Waals surface area contributed by atoms with Gasteiger partial charge in [-0.2, -0.15) is 0 Å². The number of fused-ring (bicyclic) bond motifs is 4. The van der Waals surface area contributed by atoms with Crippen molar-refractivity contribution in [2.24, 2.45) is 7.05 Å². The number of benzene rings is 1. The van der Waals surface area contributed by atoms with Crippen LogP contribution in [0.4, 0.5) is 10.6 Å². The van der Waals surface area contributed by atoms with Gasteiger partial charge in [0.05, 0.1) is 11.2 Å². The summed E-state index contributed by atoms with van der Waals surface area (Å²) in [6, 6.07) is 5.91. The van der Waals surface area contributed by atoms with E-state index < -0.39 is 5.60 Å². The molecule has 2 aliphatic heterocycles. The summed E-state index contributed by atoms with van der Waals surface area (Å²) in [5.74, 6) is 0.753. The number of aliphatic hydroxyl groups excluding tert-OH is 1. The largest absolute Gasteiger partial charge is 0.444 e. The molecule has 2 bridgehead atoms. The first-order valence-electron chi connectivity index (χ1n) is 13.6. The molecule has 1 aromatic carbocycles. The summed E-state index contributed by atoms with van der Waals surface area (Å²) < 4.78 is 8.64. The highest BCUT2D eigenvalue weighted by atomic mass is 35.5. The summed E-state index contributed by atoms with van der Waals surface area (Å²) in [4.78, 5) is 37.0. The Morgan fingerprint density at radius 3 is 2.55 bits per heavy atom. The maximum atomic E-state index is 12.6. The van der Waals surface area contributed by atoms with E-state index in [4.69, 9.17) is 26.3 Å². The van der Waals surface area contributed by atoms with Crippen molar-refractivity contribution >= 4 is 45.4 Å². The molecule has 2 N–H and O–H groups in total. The number of hydrogen-bond acceptors (Lipinski definition) is 7. The van der Waals surface area contributed by atoms with Gasteiger partial charge in [0.15, 0.2) is 5.65 Å². The highest BCUT2D eigenvalue weighted by Crippen LogP contribution is 2.41. The number of nitrogens with zero attached hydrogens (tertiary/aromatic N) is 5. The van der Waals surface area contributed by atoms with E-state index in [2.05, 4.69) is 10.2 Å². The standard InChI is InChI=1S/C29H33ClN6O4/c1-29(2,3)40-28(39)32-16-11-17-5-6-18(12-16)36(17)23-13-31-25-22(14-35(15-37)26(25)33-23)19-7-8-21-20(24(19)30)9-10-34(4)27(21)38/h7-10,13-14,16-18,37H,5-6,11-12,15H2,1-4H3,(H,32,39). The topological polar surface area (TPSA) is 115 Å². The highest BCUT2D eigenvalue weighted by molar-refractivity contribution is 6.38. The highest BCUT2D eigenvalue weighted by Gasteiger charge is 2.42. The molecule has 0 aliphatic carbocycles. The Hall–Kier alpha value is -3.63. The van der Waals surface area contributed by atoms with Crippen molar-refractivity contribution in [1.29, 1.82) is 0 Å². The molecular formula is C29H33ClN6O4. The Morgan fingerprint density at radius 1 is 1.15 bits per heavy atom. The zero-order valence-electron chi connectivity index (χ0n) is 23.0. The van der Waals surface area contributed by atoms with Gasteiger partial charge in [0.1, 0.15) is 23.7 Å². The quantitative estimate of drug-likeness (QED) is 0.373. The summed E-state index contributed by atoms with van der Waals surface area (Å²) in [5, 5.41) is 14.9. The Balaban J connectivity index is 1.31. The average molecular weight is 565 g/mol. The summed E-state index contributed by atoms with van der Waals surface area (Å²) >= 11 is 6.82. The van der Waals surface area contributed by atoms with Gasteiger partial charge in [0.2, 0.25) is 0 Å². The second-order valence-corrected chi connectivity index (χ2v) is 12.2. The van der Waals surface area contributed by atoms with Crippen molar-refractivity contribution in [3.8, 4) is 11.1 Å². The molecule has 0 saturated carbocycles. The Morgan fingerprint density at radius 2 is 1.88 bits per heavy atom. The molecule has 40 heavy (non-hydrogen) atoms. The lowest BCUT2D eigenvalue weighted by atomic mass is 9.97. The van der Waals surface area contributed by atoms with Crippen molar-refractivity contribution < 1.29 is 14.6 Å². The van der Waals surface area contributed by atoms with Crippen LogP contribution in [0.1, 0.15) is 46.5 Å². The number of alkyl carbamates (subject to hydrolysis) is 1. The monoisotopic (exact) mass is 564 g/mol. The van der Waals surface area contributed by atoms with Crippen molar-refractivity contribution in [3.63, 3.8) is 0 Å². The van der Waals surface area contributed by atoms with E-state index in [1.165, 1.54) is 4.57 Å². The molecule has 2 saturated heterocycles. The molecule has 2 unspecified atom stereocenters. The van der Waals surface area contributed by atoms with Gasteiger partial charge < -0.3 is 29.2 Å². The van der Waals surface area contributed by atoms with Crippen LogP contribution in [0.15, 0.2) is 41.6 Å². The number of rotatable bonds is 4. The van der Waals surface area contributed by atoms with E-state index in [1.54, 1.807) is 36.3 Å². The van der Waals surface area contributed by atoms with Crippen molar-refractivity contribution in [2.45, 2.75) is 76.9 Å². The lowest BCUT2D eigenvalue weighted by molar-refractivity contribution is 0.0492. The number of halogens is 1. The van der Waals surface area contributed by atoms with Gasteiger partial charge in [0.25, 0.3) is 5.56 Å². The number of aromatic nitrogens is 4. The lowest BCUT2D eigenvalue weighted by Crippen LogP contribution is -2.51. The molecule has 2 aliphatic rings. The first-order valence-corrected chi connectivity index (χ1v) is 13.9. The summed E-state index contributed by atoms with van der Waals surface area (Å²) in [6.45, 7) is 5.31. The molecule has 2 atom stereocenters. The second-order valence-electron chi connectivity index (χ2n) is 11.8. The first kappa shape index (κ1) is 26.6. The van der Waals surface area contributed by atoms with Crippen LogP contribution in [-0.2, 0) is 18.5 Å². The van der Waals surface area contributed by atoms with Gasteiger partial charge in [0, 0.05) is 59.5 Å². The van der Waals surface area contributed by atoms with Crippen LogP contribution in [0.3, 0.4) is 0 Å². The van der Waals surface area contributed by atoms with Crippen LogP contribution in [0, 0.1) is 0 Å². The number of amides is 1. The van der Waals surface area contributed by atoms with Crippen molar-refractivity contribution in [2.75, 3.05) is 4.90 Å². The molecule has 5 heterocycles. The van der Waals surface area contributed by atoms with E-state index in [0.717, 1.165) is 42.6 Å². The minimum absolute atomic E-state index is 0.0417. The number of carbonyl (C=O) groups is 1. The summed E-state index contributed by atoms with van der Waals surface area (Å²) in [7, 11) is 1.71. The van der Waals surface area contributed by atoms with Crippen LogP contribution in [0.5, 0.6) is 0 Å². The van der Waals surface area contributed by atoms with E-state index in [0.29, 0.717) is 27.0 Å². The number of aliphatic hydroxyl groups is 1. The SMILES string of the molecule is Cn1ccc2c(Cl)c(-c3cn(CO)c4nc(N5C6CCC5CC(NC(=O)OC(C)(C)C)C6)cnc34)ccc2c1=O. The van der Waals surface area contributed by atoms with Gasteiger partial charge in [-0.1, -0.05) is 17.7 Å². The first-order chi connectivity index (χ1) is 19.0. The van der Waals surface area contributed by atoms with Crippen LogP contribution in [0.2, 0.25) is 5.02 Å². The fraction of sp³-hybridized carbons (Fsp3) is 0.448. The van der Waals surface area contributed by atoms with Gasteiger partial charge in [-0.15, -0.1) is 0 Å². The Bertz CT molecular complexity index is 1680. The molecule has 6 rings (SSSR count). The van der Waals surface area contributed by atoms with E-state index in [9.17, 15) is 14.7 Å². The zero-order chi connectivity index (χ0) is 28.3. The maximum Gasteiger partial charge on any atom is 0.407 e. The molecule has 210 valence electrons. The number of aryl methyl sites for hydroxylation is 1. The summed E-state index contributed by atoms with van der Waals surface area (Å²) in [5.41, 5.74) is 1.98. The molecule has 0 radical (unpaired) electrons. The van der Waals surface area contributed by atoms with Crippen molar-refractivity contribution in [3.05, 3.63) is 52.2 Å². The second kappa shape index (κ2) is 9.78. The zero-order valence-corrected chi connectivity index (χ0v) is 23.8. The van der Waals surface area contributed by atoms with E-state index >= 15 is 0 Å².